The number of carbonyl (C=O) groups is 1. The summed E-state index contributed by atoms with van der Waals surface area (Å²) in [6.45, 7) is 5.76. The fourth-order valence-electron chi connectivity index (χ4n) is 3.33. The van der Waals surface area contributed by atoms with Crippen LogP contribution in [0, 0.1) is 5.92 Å². The molecule has 3 rings (SSSR count). The molecule has 1 amide bonds. The van der Waals surface area contributed by atoms with E-state index in [0.717, 1.165) is 56.0 Å². The van der Waals surface area contributed by atoms with Crippen LogP contribution in [-0.4, -0.2) is 48.7 Å². The van der Waals surface area contributed by atoms with Crippen molar-refractivity contribution in [1.82, 2.24) is 15.3 Å². The third kappa shape index (κ3) is 5.50. The van der Waals surface area contributed by atoms with Crippen molar-refractivity contribution in [3.05, 3.63) is 42.7 Å². The predicted octanol–water partition coefficient (Wildman–Crippen LogP) is 2.90. The topological polar surface area (TPSA) is 67.3 Å². The van der Waals surface area contributed by atoms with Gasteiger partial charge in [0, 0.05) is 50.4 Å². The summed E-state index contributed by atoms with van der Waals surface area (Å²) in [5, 5.41) is 3.03. The van der Waals surface area contributed by atoms with Crippen LogP contribution in [0.4, 0.5) is 5.82 Å². The first kappa shape index (κ1) is 19.3. The molecule has 0 unspecified atom stereocenters. The van der Waals surface area contributed by atoms with Crippen molar-refractivity contribution >= 4 is 11.7 Å². The second-order valence-corrected chi connectivity index (χ2v) is 6.73. The molecule has 1 aromatic carbocycles. The molecule has 27 heavy (non-hydrogen) atoms. The molecule has 2 heterocycles. The van der Waals surface area contributed by atoms with E-state index in [4.69, 9.17) is 4.74 Å². The van der Waals surface area contributed by atoms with E-state index in [2.05, 4.69) is 20.2 Å². The molecule has 0 saturated carbocycles. The summed E-state index contributed by atoms with van der Waals surface area (Å²) in [6, 6.07) is 12.1. The lowest BCUT2D eigenvalue weighted by molar-refractivity contribution is -0.125. The van der Waals surface area contributed by atoms with Gasteiger partial charge in [0.15, 0.2) is 0 Å². The van der Waals surface area contributed by atoms with Crippen LogP contribution in [0.5, 0.6) is 0 Å². The Kier molecular flexibility index (Phi) is 7.16. The Hall–Kier alpha value is -2.47. The van der Waals surface area contributed by atoms with Gasteiger partial charge < -0.3 is 15.0 Å². The zero-order valence-electron chi connectivity index (χ0n) is 15.9. The highest BCUT2D eigenvalue weighted by Crippen LogP contribution is 2.25. The van der Waals surface area contributed by atoms with E-state index in [-0.39, 0.29) is 11.8 Å². The summed E-state index contributed by atoms with van der Waals surface area (Å²) >= 11 is 0. The second-order valence-electron chi connectivity index (χ2n) is 6.73. The molecule has 0 radical (unpaired) electrons. The molecular weight excluding hydrogens is 340 g/mol. The zero-order valence-corrected chi connectivity index (χ0v) is 15.9. The molecule has 1 aliphatic heterocycles. The van der Waals surface area contributed by atoms with Crippen LogP contribution < -0.4 is 10.2 Å². The van der Waals surface area contributed by atoms with Crippen molar-refractivity contribution in [1.29, 1.82) is 0 Å². The van der Waals surface area contributed by atoms with Gasteiger partial charge in [-0.2, -0.15) is 0 Å². The first-order valence-electron chi connectivity index (χ1n) is 9.76. The summed E-state index contributed by atoms with van der Waals surface area (Å²) in [5.74, 6) is 1.18. The van der Waals surface area contributed by atoms with Gasteiger partial charge in [0.05, 0.1) is 5.69 Å². The third-order valence-corrected chi connectivity index (χ3v) is 4.88. The Bertz CT molecular complexity index is 715. The van der Waals surface area contributed by atoms with Gasteiger partial charge in [-0.05, 0) is 26.2 Å². The van der Waals surface area contributed by atoms with Crippen molar-refractivity contribution in [2.45, 2.75) is 26.2 Å². The van der Waals surface area contributed by atoms with Crippen LogP contribution in [0.3, 0.4) is 0 Å². The number of benzene rings is 1. The molecule has 1 N–H and O–H groups in total. The number of amides is 1. The molecule has 6 nitrogen and oxygen atoms in total. The number of aromatic nitrogens is 2. The highest BCUT2D eigenvalue weighted by atomic mass is 16.5. The summed E-state index contributed by atoms with van der Waals surface area (Å²) in [4.78, 5) is 23.4. The highest BCUT2D eigenvalue weighted by Gasteiger charge is 2.25. The SMILES string of the molecule is CCOCCCNC(=O)C1CCN(c2cc(-c3ccccc3)ncn2)CC1. The number of ether oxygens (including phenoxy) is 1. The van der Waals surface area contributed by atoms with Crippen molar-refractivity contribution < 1.29 is 9.53 Å². The van der Waals surface area contributed by atoms with Crippen LogP contribution in [-0.2, 0) is 9.53 Å². The lowest BCUT2D eigenvalue weighted by Crippen LogP contribution is -2.41. The molecule has 1 fully saturated rings. The minimum Gasteiger partial charge on any atom is -0.382 e. The second kappa shape index (κ2) is 10.0. The summed E-state index contributed by atoms with van der Waals surface area (Å²) in [6.07, 6.45) is 4.18. The number of hydrogen-bond acceptors (Lipinski definition) is 5. The molecule has 0 spiro atoms. The Morgan fingerprint density at radius 2 is 2.00 bits per heavy atom. The minimum atomic E-state index is 0.0868. The third-order valence-electron chi connectivity index (χ3n) is 4.88. The predicted molar refractivity (Wildman–Crippen MR) is 107 cm³/mol. The number of nitrogens with one attached hydrogen (secondary N) is 1. The van der Waals surface area contributed by atoms with Gasteiger partial charge in [0.1, 0.15) is 12.1 Å². The largest absolute Gasteiger partial charge is 0.382 e. The van der Waals surface area contributed by atoms with E-state index >= 15 is 0 Å². The lowest BCUT2D eigenvalue weighted by Gasteiger charge is -2.32. The Morgan fingerprint density at radius 1 is 1.22 bits per heavy atom. The van der Waals surface area contributed by atoms with E-state index in [0.29, 0.717) is 13.2 Å². The highest BCUT2D eigenvalue weighted by molar-refractivity contribution is 5.79. The average Bonchev–Trinajstić information content (AvgIpc) is 2.74. The van der Waals surface area contributed by atoms with E-state index < -0.39 is 0 Å². The maximum Gasteiger partial charge on any atom is 0.223 e. The average molecular weight is 368 g/mol. The fraction of sp³-hybridized carbons (Fsp3) is 0.476. The minimum absolute atomic E-state index is 0.0868. The lowest BCUT2D eigenvalue weighted by atomic mass is 9.96. The molecule has 2 aromatic rings. The number of piperidine rings is 1. The molecule has 6 heteroatoms. The Balaban J connectivity index is 1.50. The van der Waals surface area contributed by atoms with Gasteiger partial charge in [-0.1, -0.05) is 30.3 Å². The van der Waals surface area contributed by atoms with Crippen molar-refractivity contribution in [3.63, 3.8) is 0 Å². The van der Waals surface area contributed by atoms with Crippen LogP contribution in [0.2, 0.25) is 0 Å². The van der Waals surface area contributed by atoms with E-state index in [1.165, 1.54) is 0 Å². The number of rotatable bonds is 8. The molecule has 1 aliphatic rings. The summed E-state index contributed by atoms with van der Waals surface area (Å²) < 4.78 is 5.30. The summed E-state index contributed by atoms with van der Waals surface area (Å²) in [5.41, 5.74) is 2.01. The van der Waals surface area contributed by atoms with Gasteiger partial charge in [0.2, 0.25) is 5.91 Å². The number of carbonyl (C=O) groups excluding carboxylic acids is 1. The van der Waals surface area contributed by atoms with Gasteiger partial charge in [-0.15, -0.1) is 0 Å². The van der Waals surface area contributed by atoms with E-state index in [1.54, 1.807) is 6.33 Å². The van der Waals surface area contributed by atoms with E-state index in [9.17, 15) is 4.79 Å². The number of nitrogens with zero attached hydrogens (tertiary/aromatic N) is 3. The van der Waals surface area contributed by atoms with Crippen molar-refractivity contribution in [2.24, 2.45) is 5.92 Å². The van der Waals surface area contributed by atoms with Gasteiger partial charge in [-0.3, -0.25) is 4.79 Å². The maximum atomic E-state index is 12.3. The smallest absolute Gasteiger partial charge is 0.223 e. The molecule has 0 atom stereocenters. The van der Waals surface area contributed by atoms with Crippen LogP contribution in [0.15, 0.2) is 42.7 Å². The van der Waals surface area contributed by atoms with Crippen LogP contribution in [0.1, 0.15) is 26.2 Å². The maximum absolute atomic E-state index is 12.3. The first-order chi connectivity index (χ1) is 13.3. The molecule has 0 bridgehead atoms. The first-order valence-corrected chi connectivity index (χ1v) is 9.76. The molecule has 1 saturated heterocycles. The number of hydrogen-bond donors (Lipinski definition) is 1. The number of anilines is 1. The van der Waals surface area contributed by atoms with E-state index in [1.807, 2.05) is 43.3 Å². The zero-order chi connectivity index (χ0) is 18.9. The van der Waals surface area contributed by atoms with Crippen LogP contribution >= 0.6 is 0 Å². The van der Waals surface area contributed by atoms with Crippen molar-refractivity contribution in [2.75, 3.05) is 37.7 Å². The molecule has 144 valence electrons. The normalized spacial score (nSPS) is 14.9. The van der Waals surface area contributed by atoms with Crippen molar-refractivity contribution in [3.8, 4) is 11.3 Å². The Morgan fingerprint density at radius 3 is 2.74 bits per heavy atom. The Labute approximate surface area is 161 Å². The van der Waals surface area contributed by atoms with Gasteiger partial charge >= 0.3 is 0 Å². The molecular formula is C21H28N4O2. The van der Waals surface area contributed by atoms with Crippen LogP contribution in [0.25, 0.3) is 11.3 Å². The van der Waals surface area contributed by atoms with Gasteiger partial charge in [0.25, 0.3) is 0 Å². The summed E-state index contributed by atoms with van der Waals surface area (Å²) in [7, 11) is 0. The quantitative estimate of drug-likeness (QED) is 0.726. The monoisotopic (exact) mass is 368 g/mol. The molecule has 0 aliphatic carbocycles. The standard InChI is InChI=1S/C21H28N4O2/c1-2-27-14-6-11-22-21(26)18-9-12-25(13-10-18)20-15-19(23-16-24-20)17-7-4-3-5-8-17/h3-5,7-8,15-16,18H,2,6,9-14H2,1H3,(H,22,26). The van der Waals surface area contributed by atoms with Gasteiger partial charge in [-0.25, -0.2) is 9.97 Å². The molecule has 1 aromatic heterocycles. The fourth-order valence-corrected chi connectivity index (χ4v) is 3.33.